The van der Waals surface area contributed by atoms with E-state index in [4.69, 9.17) is 0 Å². The minimum absolute atomic E-state index is 0.0991. The number of halogens is 2. The molecule has 0 aliphatic heterocycles. The van der Waals surface area contributed by atoms with Crippen LogP contribution in [0.5, 0.6) is 0 Å². The van der Waals surface area contributed by atoms with Crippen LogP contribution in [-0.4, -0.2) is 34.0 Å². The van der Waals surface area contributed by atoms with Crippen LogP contribution in [0, 0.1) is 0 Å². The minimum atomic E-state index is -2.65. The van der Waals surface area contributed by atoms with Crippen LogP contribution >= 0.6 is 0 Å². The fraction of sp³-hybridized carbons (Fsp3) is 0.353. The second kappa shape index (κ2) is 8.91. The van der Waals surface area contributed by atoms with Crippen molar-refractivity contribution in [2.75, 3.05) is 6.54 Å². The number of rotatable bonds is 8. The molecular formula is C17H20F2N4O2. The monoisotopic (exact) mass is 350 g/mol. The normalized spacial score (nSPS) is 12.0. The SMILES string of the molecule is CC(CC(=O)NCCc1nccn1C(F)F)NC(=O)c1ccccc1. The predicted molar refractivity (Wildman–Crippen MR) is 88.2 cm³/mol. The van der Waals surface area contributed by atoms with Crippen molar-refractivity contribution >= 4 is 11.8 Å². The Bertz CT molecular complexity index is 704. The Morgan fingerprint density at radius 2 is 1.96 bits per heavy atom. The Morgan fingerprint density at radius 3 is 2.64 bits per heavy atom. The molecular weight excluding hydrogens is 330 g/mol. The lowest BCUT2D eigenvalue weighted by atomic mass is 10.1. The maximum atomic E-state index is 12.7. The zero-order valence-corrected chi connectivity index (χ0v) is 13.8. The topological polar surface area (TPSA) is 76.0 Å². The van der Waals surface area contributed by atoms with E-state index in [9.17, 15) is 18.4 Å². The molecule has 0 saturated carbocycles. The van der Waals surface area contributed by atoms with Gasteiger partial charge in [-0.3, -0.25) is 14.2 Å². The lowest BCUT2D eigenvalue weighted by molar-refractivity contribution is -0.121. The van der Waals surface area contributed by atoms with Crippen molar-refractivity contribution in [2.24, 2.45) is 0 Å². The third-order valence-electron chi connectivity index (χ3n) is 3.53. The molecule has 8 heteroatoms. The fourth-order valence-electron chi connectivity index (χ4n) is 2.33. The number of imidazole rings is 1. The molecule has 0 fully saturated rings. The summed E-state index contributed by atoms with van der Waals surface area (Å²) >= 11 is 0. The van der Waals surface area contributed by atoms with Crippen molar-refractivity contribution in [1.29, 1.82) is 0 Å². The van der Waals surface area contributed by atoms with Gasteiger partial charge in [-0.2, -0.15) is 8.78 Å². The van der Waals surface area contributed by atoms with Crippen LogP contribution in [0.4, 0.5) is 8.78 Å². The van der Waals surface area contributed by atoms with Crippen molar-refractivity contribution in [2.45, 2.75) is 32.4 Å². The third kappa shape index (κ3) is 5.66. The summed E-state index contributed by atoms with van der Waals surface area (Å²) in [6.45, 7) is -0.729. The number of hydrogen-bond acceptors (Lipinski definition) is 3. The molecule has 1 aromatic heterocycles. The van der Waals surface area contributed by atoms with Gasteiger partial charge in [0.1, 0.15) is 5.82 Å². The van der Waals surface area contributed by atoms with Crippen molar-refractivity contribution in [1.82, 2.24) is 20.2 Å². The van der Waals surface area contributed by atoms with E-state index >= 15 is 0 Å². The van der Waals surface area contributed by atoms with E-state index in [1.807, 2.05) is 6.07 Å². The zero-order chi connectivity index (χ0) is 18.2. The Hall–Kier alpha value is -2.77. The van der Waals surface area contributed by atoms with Gasteiger partial charge in [0.25, 0.3) is 5.91 Å². The number of hydrogen-bond donors (Lipinski definition) is 2. The molecule has 1 unspecified atom stereocenters. The predicted octanol–water partition coefficient (Wildman–Crippen LogP) is 2.15. The summed E-state index contributed by atoms with van der Waals surface area (Å²) in [7, 11) is 0. The summed E-state index contributed by atoms with van der Waals surface area (Å²) in [5.41, 5.74) is 0.522. The molecule has 1 atom stereocenters. The van der Waals surface area contributed by atoms with Gasteiger partial charge in [-0.05, 0) is 19.1 Å². The Labute approximate surface area is 144 Å². The molecule has 0 aliphatic rings. The Morgan fingerprint density at radius 1 is 1.24 bits per heavy atom. The molecule has 1 heterocycles. The second-order valence-corrected chi connectivity index (χ2v) is 5.57. The van der Waals surface area contributed by atoms with E-state index in [1.54, 1.807) is 31.2 Å². The molecule has 25 heavy (non-hydrogen) atoms. The first-order chi connectivity index (χ1) is 12.0. The van der Waals surface area contributed by atoms with Gasteiger partial charge >= 0.3 is 6.55 Å². The molecule has 2 amide bonds. The zero-order valence-electron chi connectivity index (χ0n) is 13.8. The van der Waals surface area contributed by atoms with Crippen LogP contribution in [0.2, 0.25) is 0 Å². The van der Waals surface area contributed by atoms with Gasteiger partial charge in [-0.15, -0.1) is 0 Å². The highest BCUT2D eigenvalue weighted by Gasteiger charge is 2.14. The van der Waals surface area contributed by atoms with E-state index in [0.717, 1.165) is 4.57 Å². The molecule has 2 aromatic rings. The highest BCUT2D eigenvalue weighted by Crippen LogP contribution is 2.12. The van der Waals surface area contributed by atoms with Gasteiger partial charge in [0.05, 0.1) is 0 Å². The first-order valence-electron chi connectivity index (χ1n) is 7.90. The second-order valence-electron chi connectivity index (χ2n) is 5.57. The largest absolute Gasteiger partial charge is 0.356 e. The van der Waals surface area contributed by atoms with E-state index in [-0.39, 0.29) is 43.1 Å². The number of carbonyl (C=O) groups excluding carboxylic acids is 2. The molecule has 6 nitrogen and oxygen atoms in total. The van der Waals surface area contributed by atoms with Gasteiger partial charge in [0, 0.05) is 43.4 Å². The van der Waals surface area contributed by atoms with Gasteiger partial charge in [0.15, 0.2) is 0 Å². The van der Waals surface area contributed by atoms with Crippen molar-refractivity contribution in [3.63, 3.8) is 0 Å². The number of nitrogens with one attached hydrogen (secondary N) is 2. The van der Waals surface area contributed by atoms with Crippen LogP contribution < -0.4 is 10.6 Å². The van der Waals surface area contributed by atoms with Crippen LogP contribution in [0.3, 0.4) is 0 Å². The summed E-state index contributed by atoms with van der Waals surface area (Å²) in [5, 5.41) is 5.38. The highest BCUT2D eigenvalue weighted by atomic mass is 19.3. The molecule has 0 saturated heterocycles. The van der Waals surface area contributed by atoms with Crippen LogP contribution in [0.1, 0.15) is 36.1 Å². The molecule has 1 aromatic carbocycles. The van der Waals surface area contributed by atoms with Crippen LogP contribution in [0.15, 0.2) is 42.7 Å². The molecule has 134 valence electrons. The highest BCUT2D eigenvalue weighted by molar-refractivity contribution is 5.94. The van der Waals surface area contributed by atoms with Gasteiger partial charge in [-0.25, -0.2) is 4.98 Å². The van der Waals surface area contributed by atoms with Crippen molar-refractivity contribution in [3.05, 3.63) is 54.1 Å². The summed E-state index contributed by atoms with van der Waals surface area (Å²) in [5.74, 6) is -0.309. The van der Waals surface area contributed by atoms with Crippen molar-refractivity contribution in [3.8, 4) is 0 Å². The summed E-state index contributed by atoms with van der Waals surface area (Å²) < 4.78 is 26.1. The summed E-state index contributed by atoms with van der Waals surface area (Å²) in [6.07, 6.45) is 2.79. The average Bonchev–Trinajstić information content (AvgIpc) is 3.04. The number of amides is 2. The van der Waals surface area contributed by atoms with E-state index in [0.29, 0.717) is 5.56 Å². The molecule has 0 spiro atoms. The minimum Gasteiger partial charge on any atom is -0.356 e. The maximum Gasteiger partial charge on any atom is 0.319 e. The first kappa shape index (κ1) is 18.6. The Balaban J connectivity index is 1.72. The van der Waals surface area contributed by atoms with Gasteiger partial charge in [-0.1, -0.05) is 18.2 Å². The molecule has 0 radical (unpaired) electrons. The fourth-order valence-corrected chi connectivity index (χ4v) is 2.33. The van der Waals surface area contributed by atoms with Crippen LogP contribution in [-0.2, 0) is 11.2 Å². The Kier molecular flexibility index (Phi) is 6.62. The van der Waals surface area contributed by atoms with E-state index < -0.39 is 6.55 Å². The van der Waals surface area contributed by atoms with Crippen molar-refractivity contribution < 1.29 is 18.4 Å². The smallest absolute Gasteiger partial charge is 0.319 e. The number of nitrogens with zero attached hydrogens (tertiary/aromatic N) is 2. The molecule has 0 aliphatic carbocycles. The first-order valence-corrected chi connectivity index (χ1v) is 7.90. The lowest BCUT2D eigenvalue weighted by Crippen LogP contribution is -2.37. The quantitative estimate of drug-likeness (QED) is 0.766. The molecule has 0 bridgehead atoms. The van der Waals surface area contributed by atoms with Gasteiger partial charge < -0.3 is 10.6 Å². The lowest BCUT2D eigenvalue weighted by Gasteiger charge is -2.14. The average molecular weight is 350 g/mol. The number of carbonyl (C=O) groups is 2. The molecule has 2 N–H and O–H groups in total. The number of aromatic nitrogens is 2. The standard InChI is InChI=1S/C17H20F2N4O2/c1-12(22-16(25)13-5-3-2-4-6-13)11-15(24)21-8-7-14-20-9-10-23(14)17(18)19/h2-6,9-10,12,17H,7-8,11H2,1H3,(H,21,24)(H,22,25). The third-order valence-corrected chi connectivity index (χ3v) is 3.53. The summed E-state index contributed by atoms with van der Waals surface area (Å²) in [4.78, 5) is 27.7. The van der Waals surface area contributed by atoms with E-state index in [1.165, 1.54) is 12.4 Å². The van der Waals surface area contributed by atoms with E-state index in [2.05, 4.69) is 15.6 Å². The number of benzene rings is 1. The molecule has 2 rings (SSSR count). The summed E-state index contributed by atoms with van der Waals surface area (Å²) in [6, 6.07) is 8.36. The number of alkyl halides is 2. The van der Waals surface area contributed by atoms with Gasteiger partial charge in [0.2, 0.25) is 5.91 Å². The van der Waals surface area contributed by atoms with Crippen LogP contribution in [0.25, 0.3) is 0 Å². The maximum absolute atomic E-state index is 12.7.